The highest BCUT2D eigenvalue weighted by molar-refractivity contribution is 7.89. The van der Waals surface area contributed by atoms with E-state index < -0.39 is 10.0 Å². The topological polar surface area (TPSA) is 61.2 Å². The molecule has 4 nitrogen and oxygen atoms in total. The zero-order valence-electron chi connectivity index (χ0n) is 11.7. The monoisotopic (exact) mass is 300 g/mol. The molecule has 0 amide bonds. The van der Waals surface area contributed by atoms with Crippen molar-refractivity contribution in [3.05, 3.63) is 65.7 Å². The summed E-state index contributed by atoms with van der Waals surface area (Å²) in [5, 5.41) is 9.09. The van der Waals surface area contributed by atoms with Gasteiger partial charge in [-0.05, 0) is 17.7 Å². The molecular weight excluding hydrogens is 284 g/mol. The minimum atomic E-state index is -3.68. The second kappa shape index (κ2) is 6.53. The molecule has 0 aromatic heterocycles. The van der Waals surface area contributed by atoms with Gasteiger partial charge in [0.1, 0.15) is 6.07 Å². The van der Waals surface area contributed by atoms with E-state index in [4.69, 9.17) is 5.26 Å². The maximum atomic E-state index is 12.7. The van der Waals surface area contributed by atoms with Gasteiger partial charge in [0.2, 0.25) is 10.0 Å². The van der Waals surface area contributed by atoms with Crippen molar-refractivity contribution >= 4 is 10.0 Å². The summed E-state index contributed by atoms with van der Waals surface area (Å²) < 4.78 is 26.8. The number of benzene rings is 2. The summed E-state index contributed by atoms with van der Waals surface area (Å²) in [5.41, 5.74) is 1.08. The Morgan fingerprint density at radius 3 is 2.29 bits per heavy atom. The summed E-state index contributed by atoms with van der Waals surface area (Å²) in [6.45, 7) is 2.42. The first kappa shape index (κ1) is 15.2. The fraction of sp³-hybridized carbons (Fsp3) is 0.188. The summed E-state index contributed by atoms with van der Waals surface area (Å²) in [4.78, 5) is 0.0604. The van der Waals surface area contributed by atoms with Crippen LogP contribution in [0.15, 0.2) is 59.5 Å². The lowest BCUT2D eigenvalue weighted by atomic mass is 10.2. The van der Waals surface area contributed by atoms with Crippen molar-refractivity contribution in [2.24, 2.45) is 0 Å². The van der Waals surface area contributed by atoms with Crippen LogP contribution in [-0.2, 0) is 16.6 Å². The van der Waals surface area contributed by atoms with E-state index >= 15 is 0 Å². The molecule has 0 saturated heterocycles. The average molecular weight is 300 g/mol. The van der Waals surface area contributed by atoms with Crippen LogP contribution in [0.5, 0.6) is 0 Å². The first-order valence-corrected chi connectivity index (χ1v) is 8.06. The standard InChI is InChI=1S/C16H16N2O2S/c1-2-18(13-14-8-4-3-5-9-14)21(19,20)16-11-7-6-10-15(16)12-17/h3-11H,2,13H2,1H3. The molecule has 0 spiro atoms. The first-order valence-electron chi connectivity index (χ1n) is 6.62. The Morgan fingerprint density at radius 1 is 1.05 bits per heavy atom. The Balaban J connectivity index is 2.39. The van der Waals surface area contributed by atoms with Gasteiger partial charge in [-0.15, -0.1) is 0 Å². The third-order valence-electron chi connectivity index (χ3n) is 3.18. The molecule has 0 heterocycles. The van der Waals surface area contributed by atoms with E-state index in [-0.39, 0.29) is 10.5 Å². The van der Waals surface area contributed by atoms with Gasteiger partial charge in [-0.25, -0.2) is 8.42 Å². The van der Waals surface area contributed by atoms with Gasteiger partial charge in [0.25, 0.3) is 0 Å². The van der Waals surface area contributed by atoms with Crippen molar-refractivity contribution in [3.63, 3.8) is 0 Å². The molecule has 2 aromatic rings. The highest BCUT2D eigenvalue weighted by Gasteiger charge is 2.25. The third kappa shape index (κ3) is 3.30. The molecular formula is C16H16N2O2S. The van der Waals surface area contributed by atoms with Crippen LogP contribution in [0, 0.1) is 11.3 Å². The molecule has 0 bridgehead atoms. The number of rotatable bonds is 5. The number of hydrogen-bond acceptors (Lipinski definition) is 3. The molecule has 2 aromatic carbocycles. The quantitative estimate of drug-likeness (QED) is 0.853. The van der Waals surface area contributed by atoms with Gasteiger partial charge in [-0.3, -0.25) is 0 Å². The van der Waals surface area contributed by atoms with Crippen LogP contribution in [0.1, 0.15) is 18.1 Å². The van der Waals surface area contributed by atoms with Crippen LogP contribution in [-0.4, -0.2) is 19.3 Å². The Kier molecular flexibility index (Phi) is 4.73. The van der Waals surface area contributed by atoms with E-state index in [0.29, 0.717) is 13.1 Å². The smallest absolute Gasteiger partial charge is 0.207 e. The van der Waals surface area contributed by atoms with Crippen LogP contribution in [0.3, 0.4) is 0 Å². The zero-order valence-corrected chi connectivity index (χ0v) is 12.5. The van der Waals surface area contributed by atoms with Gasteiger partial charge < -0.3 is 0 Å². The van der Waals surface area contributed by atoms with Gasteiger partial charge in [-0.2, -0.15) is 9.57 Å². The number of nitrogens with zero attached hydrogens (tertiary/aromatic N) is 2. The summed E-state index contributed by atoms with van der Waals surface area (Å²) in [6.07, 6.45) is 0. The van der Waals surface area contributed by atoms with Crippen molar-refractivity contribution in [1.82, 2.24) is 4.31 Å². The van der Waals surface area contributed by atoms with Crippen LogP contribution < -0.4 is 0 Å². The summed E-state index contributed by atoms with van der Waals surface area (Å²) in [5.74, 6) is 0. The van der Waals surface area contributed by atoms with E-state index in [1.165, 1.54) is 16.4 Å². The second-order valence-corrected chi connectivity index (χ2v) is 6.43. The first-order chi connectivity index (χ1) is 10.1. The second-order valence-electron chi connectivity index (χ2n) is 4.52. The summed E-state index contributed by atoms with van der Waals surface area (Å²) in [7, 11) is -3.68. The van der Waals surface area contributed by atoms with Crippen molar-refractivity contribution in [3.8, 4) is 6.07 Å². The molecule has 0 atom stereocenters. The Morgan fingerprint density at radius 2 is 1.67 bits per heavy atom. The van der Waals surface area contributed by atoms with Crippen molar-refractivity contribution in [2.45, 2.75) is 18.4 Å². The van der Waals surface area contributed by atoms with Gasteiger partial charge in [0.15, 0.2) is 0 Å². The van der Waals surface area contributed by atoms with Crippen LogP contribution in [0.25, 0.3) is 0 Å². The molecule has 0 fully saturated rings. The summed E-state index contributed by atoms with van der Waals surface area (Å²) in [6, 6.07) is 17.6. The van der Waals surface area contributed by atoms with Crippen molar-refractivity contribution < 1.29 is 8.42 Å². The minimum Gasteiger partial charge on any atom is -0.207 e. The lowest BCUT2D eigenvalue weighted by molar-refractivity contribution is 0.423. The lowest BCUT2D eigenvalue weighted by Gasteiger charge is -2.21. The van der Waals surface area contributed by atoms with Crippen LogP contribution in [0.2, 0.25) is 0 Å². The van der Waals surface area contributed by atoms with Gasteiger partial charge in [0.05, 0.1) is 10.5 Å². The molecule has 2 rings (SSSR count). The molecule has 0 saturated carbocycles. The Bertz CT molecular complexity index is 749. The molecule has 0 radical (unpaired) electrons. The Hall–Kier alpha value is -2.16. The normalized spacial score (nSPS) is 11.3. The zero-order chi connectivity index (χ0) is 15.3. The largest absolute Gasteiger partial charge is 0.244 e. The van der Waals surface area contributed by atoms with Crippen molar-refractivity contribution in [2.75, 3.05) is 6.54 Å². The molecule has 0 aliphatic carbocycles. The maximum absolute atomic E-state index is 12.7. The summed E-state index contributed by atoms with van der Waals surface area (Å²) >= 11 is 0. The van der Waals surface area contributed by atoms with Gasteiger partial charge in [0, 0.05) is 13.1 Å². The van der Waals surface area contributed by atoms with Crippen molar-refractivity contribution in [1.29, 1.82) is 5.26 Å². The average Bonchev–Trinajstić information content (AvgIpc) is 2.53. The van der Waals surface area contributed by atoms with E-state index in [0.717, 1.165) is 5.56 Å². The molecule has 0 unspecified atom stereocenters. The van der Waals surface area contributed by atoms with E-state index in [1.54, 1.807) is 19.1 Å². The van der Waals surface area contributed by atoms with E-state index in [2.05, 4.69) is 0 Å². The third-order valence-corrected chi connectivity index (χ3v) is 5.16. The molecule has 5 heteroatoms. The Labute approximate surface area is 125 Å². The lowest BCUT2D eigenvalue weighted by Crippen LogP contribution is -2.31. The molecule has 21 heavy (non-hydrogen) atoms. The van der Waals surface area contributed by atoms with E-state index in [9.17, 15) is 8.42 Å². The number of nitriles is 1. The minimum absolute atomic E-state index is 0.0604. The molecule has 0 aliphatic heterocycles. The number of sulfonamides is 1. The highest BCUT2D eigenvalue weighted by Crippen LogP contribution is 2.21. The maximum Gasteiger partial charge on any atom is 0.244 e. The van der Waals surface area contributed by atoms with Gasteiger partial charge in [-0.1, -0.05) is 49.4 Å². The fourth-order valence-corrected chi connectivity index (χ4v) is 3.66. The predicted octanol–water partition coefficient (Wildman–Crippen LogP) is 2.77. The number of hydrogen-bond donors (Lipinski definition) is 0. The SMILES string of the molecule is CCN(Cc1ccccc1)S(=O)(=O)c1ccccc1C#N. The molecule has 0 aliphatic rings. The predicted molar refractivity (Wildman–Crippen MR) is 80.9 cm³/mol. The van der Waals surface area contributed by atoms with Gasteiger partial charge >= 0.3 is 0 Å². The van der Waals surface area contributed by atoms with E-state index in [1.807, 2.05) is 36.4 Å². The molecule has 0 N–H and O–H groups in total. The fourth-order valence-electron chi connectivity index (χ4n) is 2.08. The van der Waals surface area contributed by atoms with Crippen LogP contribution in [0.4, 0.5) is 0 Å². The van der Waals surface area contributed by atoms with Crippen LogP contribution >= 0.6 is 0 Å². The highest BCUT2D eigenvalue weighted by atomic mass is 32.2. The molecule has 108 valence electrons.